The van der Waals surface area contributed by atoms with Crippen molar-refractivity contribution < 1.29 is 0 Å². The molecule has 0 spiro atoms. The van der Waals surface area contributed by atoms with E-state index < -0.39 is 0 Å². The van der Waals surface area contributed by atoms with Crippen LogP contribution in [0.4, 0.5) is 0 Å². The molecule has 0 radical (unpaired) electrons. The van der Waals surface area contributed by atoms with Gasteiger partial charge in [0.1, 0.15) is 0 Å². The zero-order chi connectivity index (χ0) is 47.7. The van der Waals surface area contributed by atoms with Gasteiger partial charge in [0.2, 0.25) is 0 Å². The average Bonchev–Trinajstić information content (AvgIpc) is 4.10. The van der Waals surface area contributed by atoms with Crippen molar-refractivity contribution in [1.29, 1.82) is 0 Å². The molecule has 0 N–H and O–H groups in total. The summed E-state index contributed by atoms with van der Waals surface area (Å²) in [5.41, 5.74) is 15.9. The second-order valence-electron chi connectivity index (χ2n) is 19.3. The van der Waals surface area contributed by atoms with Crippen LogP contribution in [-0.2, 0) is 0 Å². The molecule has 73 heavy (non-hydrogen) atoms. The van der Waals surface area contributed by atoms with Crippen LogP contribution in [0, 0.1) is 0 Å². The van der Waals surface area contributed by atoms with Crippen molar-refractivity contribution in [2.45, 2.75) is 0 Å². The highest BCUT2D eigenvalue weighted by molar-refractivity contribution is 6.23. The molecule has 0 saturated carbocycles. The molecule has 12 aromatic carbocycles. The normalized spacial score (nSPS) is 12.1. The van der Waals surface area contributed by atoms with Gasteiger partial charge in [0, 0.05) is 60.2 Å². The number of nitrogens with zero attached hydrogens (tertiary/aromatic N) is 5. The van der Waals surface area contributed by atoms with Crippen LogP contribution in [0.2, 0.25) is 0 Å². The van der Waals surface area contributed by atoms with Crippen molar-refractivity contribution in [2.75, 3.05) is 0 Å². The minimum absolute atomic E-state index is 0.856. The summed E-state index contributed by atoms with van der Waals surface area (Å²) in [7, 11) is 0. The molecule has 4 heterocycles. The second-order valence-corrected chi connectivity index (χ2v) is 19.3. The van der Waals surface area contributed by atoms with E-state index in [-0.39, 0.29) is 0 Å². The molecule has 0 aliphatic heterocycles. The molecule has 0 unspecified atom stereocenters. The number of para-hydroxylation sites is 6. The van der Waals surface area contributed by atoms with Crippen molar-refractivity contribution in [3.8, 4) is 39.6 Å². The van der Waals surface area contributed by atoms with E-state index in [4.69, 9.17) is 9.97 Å². The molecular formula is C68H41N5. The van der Waals surface area contributed by atoms with Crippen LogP contribution in [-0.4, -0.2) is 23.7 Å². The lowest BCUT2D eigenvalue weighted by molar-refractivity contribution is 1.18. The molecule has 16 rings (SSSR count). The summed E-state index contributed by atoms with van der Waals surface area (Å²) in [6.07, 6.45) is 0. The molecule has 0 saturated heterocycles. The molecule has 4 aromatic heterocycles. The van der Waals surface area contributed by atoms with Gasteiger partial charge in [-0.3, -0.25) is 0 Å². The number of aromatic nitrogens is 5. The van der Waals surface area contributed by atoms with Crippen molar-refractivity contribution in [2.24, 2.45) is 0 Å². The Labute approximate surface area is 418 Å². The molecule has 16 aromatic rings. The van der Waals surface area contributed by atoms with Gasteiger partial charge in [-0.1, -0.05) is 164 Å². The van der Waals surface area contributed by atoms with E-state index in [1.807, 2.05) is 12.1 Å². The first-order valence-corrected chi connectivity index (χ1v) is 25.0. The smallest absolute Gasteiger partial charge is 0.0980 e. The maximum absolute atomic E-state index is 5.51. The number of hydrogen-bond acceptors (Lipinski definition) is 2. The van der Waals surface area contributed by atoms with Crippen molar-refractivity contribution in [3.05, 3.63) is 249 Å². The van der Waals surface area contributed by atoms with Crippen molar-refractivity contribution in [3.63, 3.8) is 0 Å². The minimum Gasteiger partial charge on any atom is -0.309 e. The van der Waals surface area contributed by atoms with E-state index in [1.165, 1.54) is 65.0 Å². The minimum atomic E-state index is 0.856. The van der Waals surface area contributed by atoms with Crippen LogP contribution >= 0.6 is 0 Å². The summed E-state index contributed by atoms with van der Waals surface area (Å²) in [6.45, 7) is 0. The predicted octanol–water partition coefficient (Wildman–Crippen LogP) is 17.7. The van der Waals surface area contributed by atoms with E-state index in [1.54, 1.807) is 0 Å². The van der Waals surface area contributed by atoms with E-state index in [9.17, 15) is 0 Å². The topological polar surface area (TPSA) is 40.6 Å². The van der Waals surface area contributed by atoms with Crippen molar-refractivity contribution in [1.82, 2.24) is 23.7 Å². The highest BCUT2D eigenvalue weighted by Gasteiger charge is 2.23. The summed E-state index contributed by atoms with van der Waals surface area (Å²) in [5.74, 6) is 0. The molecule has 0 amide bonds. The first-order valence-electron chi connectivity index (χ1n) is 25.0. The fourth-order valence-corrected chi connectivity index (χ4v) is 12.3. The Hall–Kier alpha value is -9.84. The maximum atomic E-state index is 5.51. The Morgan fingerprint density at radius 2 is 0.795 bits per heavy atom. The molecule has 0 fully saturated rings. The number of rotatable bonds is 5. The zero-order valence-corrected chi connectivity index (χ0v) is 39.4. The van der Waals surface area contributed by atoms with E-state index in [2.05, 4.69) is 250 Å². The van der Waals surface area contributed by atoms with Gasteiger partial charge in [-0.05, 0) is 112 Å². The Morgan fingerprint density at radius 3 is 1.59 bits per heavy atom. The van der Waals surface area contributed by atoms with Crippen LogP contribution in [0.5, 0.6) is 0 Å². The first-order chi connectivity index (χ1) is 36.2. The average molecular weight is 928 g/mol. The molecule has 0 aliphatic rings. The molecule has 338 valence electrons. The van der Waals surface area contributed by atoms with Gasteiger partial charge in [-0.2, -0.15) is 0 Å². The number of hydrogen-bond donors (Lipinski definition) is 0. The van der Waals surface area contributed by atoms with Crippen LogP contribution < -0.4 is 0 Å². The van der Waals surface area contributed by atoms with Crippen molar-refractivity contribution >= 4 is 109 Å². The zero-order valence-electron chi connectivity index (χ0n) is 39.4. The lowest BCUT2D eigenvalue weighted by atomic mass is 9.95. The number of benzene rings is 12. The third kappa shape index (κ3) is 5.79. The highest BCUT2D eigenvalue weighted by Crippen LogP contribution is 2.45. The monoisotopic (exact) mass is 927 g/mol. The van der Waals surface area contributed by atoms with Gasteiger partial charge in [0.15, 0.2) is 0 Å². The summed E-state index contributed by atoms with van der Waals surface area (Å²) in [4.78, 5) is 11.0. The largest absolute Gasteiger partial charge is 0.309 e. The standard InChI is InChI=1S/C68H41N5/c1-2-20-45(21-3-1)71-59-31-12-7-24-51(59)66-53(27-16-34-62(66)71)68-67(69-56-28-9-10-29-57(56)70-68)50-26-14-18-43-39-46(36-37-47(43)50)72-58-30-11-6-23-49(58)55-40-44-19-15-33-61(54(44)41-64(55)72)73-60-32-13-8-25-52(60)65-48-22-5-4-17-42(48)35-38-63(65)73/h1-41H. The van der Waals surface area contributed by atoms with Gasteiger partial charge in [-0.15, -0.1) is 0 Å². The Bertz CT molecular complexity index is 4980. The van der Waals surface area contributed by atoms with Crippen LogP contribution in [0.3, 0.4) is 0 Å². The van der Waals surface area contributed by atoms with Crippen LogP contribution in [0.25, 0.3) is 148 Å². The van der Waals surface area contributed by atoms with E-state index in [0.717, 1.165) is 83.3 Å². The first kappa shape index (κ1) is 39.9. The summed E-state index contributed by atoms with van der Waals surface area (Å²) < 4.78 is 7.30. The lowest BCUT2D eigenvalue weighted by Crippen LogP contribution is -1.98. The Balaban J connectivity index is 0.912. The molecular weight excluding hydrogens is 887 g/mol. The third-order valence-corrected chi connectivity index (χ3v) is 15.4. The SMILES string of the molecule is c1ccc(-n2c3ccccc3c3c(-c4nc5ccccc5nc4-c4cccc5cc(-n6c7ccccc7c7cc8cccc(-n9c%10ccccc%10c%10c%11ccccc%11ccc%109)c8cc76)ccc45)cccc32)cc1. The number of fused-ring (bicyclic) bond motifs is 14. The summed E-state index contributed by atoms with van der Waals surface area (Å²) in [6, 6.07) is 90.3. The third-order valence-electron chi connectivity index (χ3n) is 15.4. The summed E-state index contributed by atoms with van der Waals surface area (Å²) in [5, 5.41) is 14.5. The molecule has 5 heteroatoms. The molecule has 0 bridgehead atoms. The summed E-state index contributed by atoms with van der Waals surface area (Å²) >= 11 is 0. The molecule has 5 nitrogen and oxygen atoms in total. The maximum Gasteiger partial charge on any atom is 0.0980 e. The van der Waals surface area contributed by atoms with Gasteiger partial charge in [-0.25, -0.2) is 9.97 Å². The van der Waals surface area contributed by atoms with Gasteiger partial charge in [0.05, 0.1) is 61.2 Å². The van der Waals surface area contributed by atoms with Gasteiger partial charge >= 0.3 is 0 Å². The van der Waals surface area contributed by atoms with E-state index in [0.29, 0.717) is 0 Å². The Morgan fingerprint density at radius 1 is 0.247 bits per heavy atom. The molecule has 0 aliphatic carbocycles. The lowest BCUT2D eigenvalue weighted by Gasteiger charge is -2.15. The Kier molecular flexibility index (Phi) is 8.39. The fraction of sp³-hybridized carbons (Fsp3) is 0. The molecule has 0 atom stereocenters. The van der Waals surface area contributed by atoms with Gasteiger partial charge in [0.25, 0.3) is 0 Å². The van der Waals surface area contributed by atoms with Gasteiger partial charge < -0.3 is 13.7 Å². The van der Waals surface area contributed by atoms with Crippen LogP contribution in [0.15, 0.2) is 249 Å². The predicted molar refractivity (Wildman–Crippen MR) is 306 cm³/mol. The fourth-order valence-electron chi connectivity index (χ4n) is 12.3. The van der Waals surface area contributed by atoms with Crippen LogP contribution in [0.1, 0.15) is 0 Å². The second kappa shape index (κ2) is 15.3. The van der Waals surface area contributed by atoms with E-state index >= 15 is 0 Å². The quantitative estimate of drug-likeness (QED) is 0.173. The highest BCUT2D eigenvalue weighted by atomic mass is 15.0.